The molecule has 7 heteroatoms. The maximum absolute atomic E-state index is 14.9. The second kappa shape index (κ2) is 5.30. The lowest BCUT2D eigenvalue weighted by molar-refractivity contribution is 0.0695. The number of aromatic carboxylic acids is 1. The number of rotatable bonds is 3. The van der Waals surface area contributed by atoms with Gasteiger partial charge in [0, 0.05) is 42.3 Å². The van der Waals surface area contributed by atoms with Crippen LogP contribution in [0.2, 0.25) is 0 Å². The minimum absolute atomic E-state index is 0.147. The van der Waals surface area contributed by atoms with Gasteiger partial charge in [-0.15, -0.1) is 0 Å². The van der Waals surface area contributed by atoms with Crippen LogP contribution in [-0.4, -0.2) is 40.3 Å². The molecule has 0 radical (unpaired) electrons. The van der Waals surface area contributed by atoms with Crippen molar-refractivity contribution in [3.63, 3.8) is 0 Å². The van der Waals surface area contributed by atoms with Crippen molar-refractivity contribution in [3.05, 3.63) is 39.9 Å². The van der Waals surface area contributed by atoms with Crippen molar-refractivity contribution in [3.8, 4) is 0 Å². The zero-order valence-corrected chi connectivity index (χ0v) is 14.4. The number of aromatic nitrogens is 1. The second-order valence-electron chi connectivity index (χ2n) is 7.74. The molecule has 136 valence electrons. The number of benzene rings is 1. The Hall–Kier alpha value is -2.41. The van der Waals surface area contributed by atoms with Crippen molar-refractivity contribution in [1.82, 2.24) is 9.88 Å². The van der Waals surface area contributed by atoms with Gasteiger partial charge in [-0.3, -0.25) is 4.79 Å². The highest BCUT2D eigenvalue weighted by molar-refractivity contribution is 5.93. The number of nitrogens with zero attached hydrogens (tertiary/aromatic N) is 2. The molecule has 0 amide bonds. The van der Waals surface area contributed by atoms with Crippen molar-refractivity contribution in [2.45, 2.75) is 50.4 Å². The fourth-order valence-corrected chi connectivity index (χ4v) is 4.61. The number of nitrogens with one attached hydrogen (secondary N) is 1. The molecule has 3 fully saturated rings. The molecule has 1 saturated carbocycles. The predicted octanol–water partition coefficient (Wildman–Crippen LogP) is 2.11. The molecule has 2 bridgehead atoms. The average Bonchev–Trinajstić information content (AvgIpc) is 3.26. The molecule has 1 aromatic carbocycles. The van der Waals surface area contributed by atoms with Gasteiger partial charge in [0.25, 0.3) is 0 Å². The van der Waals surface area contributed by atoms with Crippen molar-refractivity contribution >= 4 is 22.6 Å². The minimum atomic E-state index is -1.27. The Bertz CT molecular complexity index is 998. The van der Waals surface area contributed by atoms with E-state index in [1.54, 1.807) is 6.07 Å². The van der Waals surface area contributed by atoms with Crippen LogP contribution >= 0.6 is 0 Å². The van der Waals surface area contributed by atoms with Gasteiger partial charge in [-0.05, 0) is 38.3 Å². The number of anilines is 1. The number of hydrogen-bond acceptors (Lipinski definition) is 4. The molecule has 3 aliphatic rings. The molecule has 2 saturated heterocycles. The summed E-state index contributed by atoms with van der Waals surface area (Å²) in [7, 11) is 0. The van der Waals surface area contributed by atoms with E-state index in [-0.39, 0.29) is 23.0 Å². The summed E-state index contributed by atoms with van der Waals surface area (Å²) in [6, 6.07) is 4.05. The van der Waals surface area contributed by atoms with Crippen LogP contribution in [0.4, 0.5) is 10.1 Å². The van der Waals surface area contributed by atoms with Crippen LogP contribution in [0.15, 0.2) is 23.1 Å². The van der Waals surface area contributed by atoms with E-state index in [0.717, 1.165) is 25.8 Å². The highest BCUT2D eigenvalue weighted by Crippen LogP contribution is 2.40. The van der Waals surface area contributed by atoms with E-state index in [2.05, 4.69) is 17.1 Å². The van der Waals surface area contributed by atoms with Crippen LogP contribution in [0.3, 0.4) is 0 Å². The third kappa shape index (κ3) is 2.19. The Labute approximate surface area is 149 Å². The molecule has 3 unspecified atom stereocenters. The van der Waals surface area contributed by atoms with Crippen molar-refractivity contribution in [1.29, 1.82) is 0 Å². The fraction of sp³-hybridized carbons (Fsp3) is 0.474. The lowest BCUT2D eigenvalue weighted by Crippen LogP contribution is -2.49. The van der Waals surface area contributed by atoms with Gasteiger partial charge in [0.05, 0.1) is 11.2 Å². The lowest BCUT2D eigenvalue weighted by Gasteiger charge is -2.34. The number of carbonyl (C=O) groups is 1. The number of carboxylic acid groups (broad SMARTS) is 1. The normalized spacial score (nSPS) is 27.5. The molecule has 26 heavy (non-hydrogen) atoms. The van der Waals surface area contributed by atoms with Gasteiger partial charge in [0.1, 0.15) is 11.4 Å². The minimum Gasteiger partial charge on any atom is -0.477 e. The number of halogens is 1. The SMILES string of the molecule is CC1NC2CC1N(c1cc3c(cc1F)c(=O)c(C(=O)O)cn3C1CC1)C2. The molecule has 3 heterocycles. The largest absolute Gasteiger partial charge is 0.477 e. The Morgan fingerprint density at radius 3 is 2.73 bits per heavy atom. The summed E-state index contributed by atoms with van der Waals surface area (Å²) >= 11 is 0. The summed E-state index contributed by atoms with van der Waals surface area (Å²) in [4.78, 5) is 26.1. The Morgan fingerprint density at radius 1 is 1.35 bits per heavy atom. The topological polar surface area (TPSA) is 74.6 Å². The highest BCUT2D eigenvalue weighted by Gasteiger charge is 2.43. The number of pyridine rings is 1. The predicted molar refractivity (Wildman–Crippen MR) is 95.5 cm³/mol. The van der Waals surface area contributed by atoms with Crippen LogP contribution in [0, 0.1) is 5.82 Å². The summed E-state index contributed by atoms with van der Waals surface area (Å²) in [6.07, 6.45) is 4.30. The summed E-state index contributed by atoms with van der Waals surface area (Å²) in [6.45, 7) is 2.85. The molecular formula is C19H20FN3O3. The molecule has 6 nitrogen and oxygen atoms in total. The summed E-state index contributed by atoms with van der Waals surface area (Å²) in [5.74, 6) is -1.73. The quantitative estimate of drug-likeness (QED) is 0.880. The van der Waals surface area contributed by atoms with Gasteiger partial charge in [-0.2, -0.15) is 0 Å². The Morgan fingerprint density at radius 2 is 2.12 bits per heavy atom. The van der Waals surface area contributed by atoms with Gasteiger partial charge >= 0.3 is 5.97 Å². The zero-order chi connectivity index (χ0) is 18.2. The first-order valence-corrected chi connectivity index (χ1v) is 9.08. The van der Waals surface area contributed by atoms with Crippen LogP contribution in [0.25, 0.3) is 10.9 Å². The van der Waals surface area contributed by atoms with Crippen molar-refractivity contribution < 1.29 is 14.3 Å². The van der Waals surface area contributed by atoms with E-state index >= 15 is 0 Å². The molecule has 2 aromatic rings. The van der Waals surface area contributed by atoms with E-state index in [0.29, 0.717) is 23.3 Å². The monoisotopic (exact) mass is 357 g/mol. The molecule has 2 aliphatic heterocycles. The van der Waals surface area contributed by atoms with E-state index in [9.17, 15) is 19.1 Å². The van der Waals surface area contributed by atoms with Gasteiger partial charge in [-0.1, -0.05) is 0 Å². The first kappa shape index (κ1) is 15.8. The van der Waals surface area contributed by atoms with Crippen LogP contribution in [0.5, 0.6) is 0 Å². The van der Waals surface area contributed by atoms with Crippen LogP contribution < -0.4 is 15.6 Å². The van der Waals surface area contributed by atoms with Gasteiger partial charge in [0.2, 0.25) is 5.43 Å². The number of piperazine rings is 1. The Balaban J connectivity index is 1.72. The van der Waals surface area contributed by atoms with Crippen molar-refractivity contribution in [2.75, 3.05) is 11.4 Å². The van der Waals surface area contributed by atoms with E-state index < -0.39 is 17.2 Å². The van der Waals surface area contributed by atoms with Crippen LogP contribution in [-0.2, 0) is 0 Å². The zero-order valence-electron chi connectivity index (χ0n) is 14.4. The smallest absolute Gasteiger partial charge is 0.341 e. The molecule has 0 spiro atoms. The van der Waals surface area contributed by atoms with Gasteiger partial charge in [-0.25, -0.2) is 9.18 Å². The highest BCUT2D eigenvalue weighted by atomic mass is 19.1. The van der Waals surface area contributed by atoms with Crippen LogP contribution in [0.1, 0.15) is 42.6 Å². The first-order chi connectivity index (χ1) is 12.4. The third-order valence-electron chi connectivity index (χ3n) is 6.00. The van der Waals surface area contributed by atoms with E-state index in [4.69, 9.17) is 0 Å². The third-order valence-corrected chi connectivity index (χ3v) is 6.00. The molecule has 5 rings (SSSR count). The Kier molecular flexibility index (Phi) is 3.22. The summed E-state index contributed by atoms with van der Waals surface area (Å²) in [5, 5.41) is 13.0. The van der Waals surface area contributed by atoms with E-state index in [1.807, 2.05) is 4.57 Å². The fourth-order valence-electron chi connectivity index (χ4n) is 4.61. The van der Waals surface area contributed by atoms with Gasteiger partial charge in [0.15, 0.2) is 0 Å². The molecule has 2 N–H and O–H groups in total. The maximum Gasteiger partial charge on any atom is 0.341 e. The molecule has 3 atom stereocenters. The summed E-state index contributed by atoms with van der Waals surface area (Å²) < 4.78 is 16.8. The molecule has 1 aliphatic carbocycles. The molecule has 1 aromatic heterocycles. The van der Waals surface area contributed by atoms with Crippen molar-refractivity contribution in [2.24, 2.45) is 0 Å². The number of carboxylic acids is 1. The summed E-state index contributed by atoms with van der Waals surface area (Å²) in [5.41, 5.74) is 0.222. The standard InChI is InChI=1S/C19H20FN3O3/c1-9-15-4-10(21-9)7-23(15)17-6-16-12(5-14(17)20)18(24)13(19(25)26)8-22(16)11-2-3-11/h5-6,8-11,15,21H,2-4,7H2,1H3,(H,25,26). The number of hydrogen-bond donors (Lipinski definition) is 2. The lowest BCUT2D eigenvalue weighted by atomic mass is 10.1. The second-order valence-corrected chi connectivity index (χ2v) is 7.74. The first-order valence-electron chi connectivity index (χ1n) is 9.08. The van der Waals surface area contributed by atoms with Gasteiger partial charge < -0.3 is 19.9 Å². The maximum atomic E-state index is 14.9. The number of fused-ring (bicyclic) bond motifs is 3. The average molecular weight is 357 g/mol. The van der Waals surface area contributed by atoms with E-state index in [1.165, 1.54) is 12.3 Å². The molecular weight excluding hydrogens is 337 g/mol.